The van der Waals surface area contributed by atoms with Crippen LogP contribution in [0.4, 0.5) is 4.79 Å². The maximum atomic E-state index is 13.1. The van der Waals surface area contributed by atoms with Crippen molar-refractivity contribution in [2.75, 3.05) is 26.4 Å². The Labute approximate surface area is 197 Å². The number of amides is 2. The molecule has 34 heavy (non-hydrogen) atoms. The molecule has 3 aliphatic rings. The first-order chi connectivity index (χ1) is 16.5. The van der Waals surface area contributed by atoms with E-state index in [1.54, 1.807) is 4.90 Å². The molecule has 2 N–H and O–H groups in total. The first-order valence-corrected chi connectivity index (χ1v) is 11.7. The number of carboxylic acids is 1. The van der Waals surface area contributed by atoms with Gasteiger partial charge in [0.1, 0.15) is 6.61 Å². The molecule has 8 nitrogen and oxygen atoms in total. The minimum atomic E-state index is -0.936. The van der Waals surface area contributed by atoms with Gasteiger partial charge in [-0.2, -0.15) is 0 Å². The molecule has 178 valence electrons. The zero-order chi connectivity index (χ0) is 23.7. The molecule has 0 aromatic heterocycles. The number of hydrogen-bond donors (Lipinski definition) is 2. The fourth-order valence-corrected chi connectivity index (χ4v) is 5.02. The van der Waals surface area contributed by atoms with E-state index in [2.05, 4.69) is 29.6 Å². The smallest absolute Gasteiger partial charge is 0.407 e. The lowest BCUT2D eigenvalue weighted by Crippen LogP contribution is -2.48. The Hall–Kier alpha value is -3.39. The summed E-state index contributed by atoms with van der Waals surface area (Å²) < 4.78 is 11.1. The van der Waals surface area contributed by atoms with Gasteiger partial charge in [-0.25, -0.2) is 4.79 Å². The number of aliphatic carboxylic acids is 1. The molecule has 2 aromatic carbocycles. The third-order valence-electron chi connectivity index (χ3n) is 6.88. The van der Waals surface area contributed by atoms with Crippen molar-refractivity contribution in [1.29, 1.82) is 0 Å². The average Bonchev–Trinajstić information content (AvgIpc) is 3.48. The molecule has 5 rings (SSSR count). The Morgan fingerprint density at radius 1 is 1.00 bits per heavy atom. The number of nitrogens with zero attached hydrogens (tertiary/aromatic N) is 1. The van der Waals surface area contributed by atoms with E-state index in [1.165, 1.54) is 0 Å². The second-order valence-corrected chi connectivity index (χ2v) is 9.13. The van der Waals surface area contributed by atoms with Crippen molar-refractivity contribution in [3.63, 3.8) is 0 Å². The summed E-state index contributed by atoms with van der Waals surface area (Å²) in [5.74, 6) is -1.69. The minimum Gasteiger partial charge on any atom is -0.481 e. The number of carboxylic acid groups (broad SMARTS) is 1. The van der Waals surface area contributed by atoms with Crippen LogP contribution < -0.4 is 5.32 Å². The number of fused-ring (bicyclic) bond motifs is 3. The van der Waals surface area contributed by atoms with Crippen LogP contribution in [0.25, 0.3) is 11.1 Å². The van der Waals surface area contributed by atoms with Gasteiger partial charge in [0.2, 0.25) is 5.91 Å². The van der Waals surface area contributed by atoms with Crippen LogP contribution in [0.3, 0.4) is 0 Å². The standard InChI is InChI=1S/C26H28N2O6/c29-24(30)11-12-28(16-9-10-16)25(31)22-13-33-15-23(22)27-26(32)34-14-21-19-7-3-1-5-17(19)18-6-2-4-8-20(18)21/h1-8,16,21-23H,9-15H2,(H,27,32)(H,29,30). The van der Waals surface area contributed by atoms with Crippen LogP contribution in [0.15, 0.2) is 48.5 Å². The molecule has 1 heterocycles. The first kappa shape index (κ1) is 22.4. The van der Waals surface area contributed by atoms with E-state index in [0.717, 1.165) is 35.1 Å². The number of carbonyl (C=O) groups excluding carboxylic acids is 2. The van der Waals surface area contributed by atoms with Gasteiger partial charge in [-0.15, -0.1) is 0 Å². The Morgan fingerprint density at radius 2 is 1.65 bits per heavy atom. The van der Waals surface area contributed by atoms with Crippen LogP contribution in [0.5, 0.6) is 0 Å². The lowest BCUT2D eigenvalue weighted by atomic mass is 9.98. The first-order valence-electron chi connectivity index (χ1n) is 11.7. The van der Waals surface area contributed by atoms with Crippen molar-refractivity contribution in [2.45, 2.75) is 37.3 Å². The van der Waals surface area contributed by atoms with E-state index in [9.17, 15) is 14.4 Å². The predicted octanol–water partition coefficient (Wildman–Crippen LogP) is 3.01. The van der Waals surface area contributed by atoms with Gasteiger partial charge >= 0.3 is 12.1 Å². The maximum absolute atomic E-state index is 13.1. The van der Waals surface area contributed by atoms with Crippen molar-refractivity contribution in [1.82, 2.24) is 10.2 Å². The molecular formula is C26H28N2O6. The van der Waals surface area contributed by atoms with Crippen LogP contribution in [0, 0.1) is 5.92 Å². The predicted molar refractivity (Wildman–Crippen MR) is 123 cm³/mol. The molecule has 1 aliphatic heterocycles. The summed E-state index contributed by atoms with van der Waals surface area (Å²) in [5, 5.41) is 11.8. The molecule has 2 aliphatic carbocycles. The summed E-state index contributed by atoms with van der Waals surface area (Å²) in [6.45, 7) is 0.785. The zero-order valence-electron chi connectivity index (χ0n) is 18.8. The second kappa shape index (κ2) is 9.46. The molecule has 1 saturated carbocycles. The van der Waals surface area contributed by atoms with Crippen LogP contribution in [-0.2, 0) is 19.1 Å². The molecule has 1 saturated heterocycles. The highest BCUT2D eigenvalue weighted by Gasteiger charge is 2.42. The van der Waals surface area contributed by atoms with Crippen molar-refractivity contribution < 1.29 is 29.0 Å². The highest BCUT2D eigenvalue weighted by Crippen LogP contribution is 2.44. The second-order valence-electron chi connectivity index (χ2n) is 9.13. The summed E-state index contributed by atoms with van der Waals surface area (Å²) in [5.41, 5.74) is 4.58. The number of rotatable bonds is 8. The normalized spacial score (nSPS) is 20.9. The Morgan fingerprint density at radius 3 is 2.26 bits per heavy atom. The largest absolute Gasteiger partial charge is 0.481 e. The summed E-state index contributed by atoms with van der Waals surface area (Å²) in [6, 6.07) is 15.8. The number of nitrogens with one attached hydrogen (secondary N) is 1. The lowest BCUT2D eigenvalue weighted by molar-refractivity contribution is -0.140. The van der Waals surface area contributed by atoms with Crippen molar-refractivity contribution in [3.8, 4) is 11.1 Å². The highest BCUT2D eigenvalue weighted by atomic mass is 16.5. The molecule has 2 atom stereocenters. The summed E-state index contributed by atoms with van der Waals surface area (Å²) in [7, 11) is 0. The molecular weight excluding hydrogens is 436 g/mol. The Bertz CT molecular complexity index is 1050. The molecule has 2 aromatic rings. The van der Waals surface area contributed by atoms with Gasteiger partial charge in [-0.3, -0.25) is 9.59 Å². The van der Waals surface area contributed by atoms with E-state index in [-0.39, 0.29) is 50.7 Å². The quantitative estimate of drug-likeness (QED) is 0.622. The fourth-order valence-electron chi connectivity index (χ4n) is 5.02. The molecule has 0 spiro atoms. The maximum Gasteiger partial charge on any atom is 0.407 e. The molecule has 0 radical (unpaired) electrons. The average molecular weight is 465 g/mol. The number of hydrogen-bond acceptors (Lipinski definition) is 5. The third-order valence-corrected chi connectivity index (χ3v) is 6.88. The van der Waals surface area contributed by atoms with Crippen molar-refractivity contribution in [3.05, 3.63) is 59.7 Å². The van der Waals surface area contributed by atoms with Gasteiger partial charge in [0, 0.05) is 18.5 Å². The van der Waals surface area contributed by atoms with Crippen LogP contribution >= 0.6 is 0 Å². The molecule has 8 heteroatoms. The topological polar surface area (TPSA) is 105 Å². The Balaban J connectivity index is 1.21. The van der Waals surface area contributed by atoms with Gasteiger partial charge in [0.15, 0.2) is 0 Å². The lowest BCUT2D eigenvalue weighted by Gasteiger charge is -2.27. The van der Waals surface area contributed by atoms with Crippen LogP contribution in [0.1, 0.15) is 36.3 Å². The van der Waals surface area contributed by atoms with Crippen molar-refractivity contribution in [2.24, 2.45) is 5.92 Å². The summed E-state index contributed by atoms with van der Waals surface area (Å²) in [6.07, 6.45) is 1.08. The van der Waals surface area contributed by atoms with E-state index >= 15 is 0 Å². The van der Waals surface area contributed by atoms with E-state index < -0.39 is 24.0 Å². The van der Waals surface area contributed by atoms with Crippen LogP contribution in [0.2, 0.25) is 0 Å². The molecule has 2 amide bonds. The number of carbonyl (C=O) groups is 3. The van der Waals surface area contributed by atoms with Gasteiger partial charge in [-0.05, 0) is 35.1 Å². The van der Waals surface area contributed by atoms with E-state index in [0.29, 0.717) is 0 Å². The Kier molecular flexibility index (Phi) is 6.24. The minimum absolute atomic E-state index is 0.0446. The van der Waals surface area contributed by atoms with Gasteiger partial charge in [-0.1, -0.05) is 48.5 Å². The number of alkyl carbamates (subject to hydrolysis) is 1. The monoisotopic (exact) mass is 464 g/mol. The van der Waals surface area contributed by atoms with Gasteiger partial charge in [0.05, 0.1) is 31.6 Å². The fraction of sp³-hybridized carbons (Fsp3) is 0.423. The number of ether oxygens (including phenoxy) is 2. The summed E-state index contributed by atoms with van der Waals surface area (Å²) >= 11 is 0. The van der Waals surface area contributed by atoms with Crippen molar-refractivity contribution >= 4 is 18.0 Å². The summed E-state index contributed by atoms with van der Waals surface area (Å²) in [4.78, 5) is 38.5. The third kappa shape index (κ3) is 4.50. The SMILES string of the molecule is O=C(O)CCN(C(=O)C1COCC1NC(=O)OCC1c2ccccc2-c2ccccc21)C1CC1. The highest BCUT2D eigenvalue weighted by molar-refractivity contribution is 5.82. The molecule has 2 unspecified atom stereocenters. The number of benzene rings is 2. The van der Waals surface area contributed by atoms with Gasteiger partial charge in [0.25, 0.3) is 0 Å². The zero-order valence-corrected chi connectivity index (χ0v) is 18.8. The molecule has 2 fully saturated rings. The van der Waals surface area contributed by atoms with Crippen LogP contribution in [-0.4, -0.2) is 66.4 Å². The van der Waals surface area contributed by atoms with Gasteiger partial charge < -0.3 is 24.8 Å². The van der Waals surface area contributed by atoms with E-state index in [4.69, 9.17) is 14.6 Å². The molecule has 0 bridgehead atoms. The van der Waals surface area contributed by atoms with E-state index in [1.807, 2.05) is 24.3 Å².